The molecular weight excluding hydrogens is 236 g/mol. The average Bonchev–Trinajstić information content (AvgIpc) is 2.79. The minimum Gasteiger partial charge on any atom is -0.393 e. The van der Waals surface area contributed by atoms with Gasteiger partial charge in [0.15, 0.2) is 0 Å². The fraction of sp³-hybridized carbons (Fsp3) is 1.00. The van der Waals surface area contributed by atoms with Crippen LogP contribution in [0.15, 0.2) is 0 Å². The standard InChI is InChI=1S/C13H26N2O.ClH/c1-14-7-3-5-11(14)9-13(16)10-12-6-4-8-15(12)2;/h11-13,16H,3-10H2,1-2H3;1H/t11-,12?,13?;/m0./s1. The van der Waals surface area contributed by atoms with Crippen LogP contribution in [0.5, 0.6) is 0 Å². The maximum atomic E-state index is 10.2. The van der Waals surface area contributed by atoms with Gasteiger partial charge in [-0.25, -0.2) is 0 Å². The van der Waals surface area contributed by atoms with Gasteiger partial charge in [0, 0.05) is 12.1 Å². The molecule has 0 aromatic carbocycles. The number of aliphatic hydroxyl groups excluding tert-OH is 1. The molecule has 0 amide bonds. The molecule has 4 heteroatoms. The minimum absolute atomic E-state index is 0. The summed E-state index contributed by atoms with van der Waals surface area (Å²) in [5.41, 5.74) is 0. The first-order valence-corrected chi connectivity index (χ1v) is 6.75. The number of nitrogens with zero attached hydrogens (tertiary/aromatic N) is 2. The van der Waals surface area contributed by atoms with E-state index < -0.39 is 0 Å². The van der Waals surface area contributed by atoms with E-state index in [4.69, 9.17) is 0 Å². The third-order valence-corrected chi connectivity index (χ3v) is 4.43. The van der Waals surface area contributed by atoms with Crippen LogP contribution in [-0.4, -0.2) is 60.3 Å². The fourth-order valence-corrected chi connectivity index (χ4v) is 3.28. The molecule has 2 unspecified atom stereocenters. The normalized spacial score (nSPS) is 32.6. The van der Waals surface area contributed by atoms with Gasteiger partial charge in [-0.1, -0.05) is 0 Å². The Bertz CT molecular complexity index is 205. The van der Waals surface area contributed by atoms with E-state index in [2.05, 4.69) is 23.9 Å². The molecule has 0 saturated carbocycles. The SMILES string of the molecule is CN1CCCC1CC(O)C[C@@H]1CCCN1C.Cl. The lowest BCUT2D eigenvalue weighted by atomic mass is 10.00. The smallest absolute Gasteiger partial charge is 0.0570 e. The van der Waals surface area contributed by atoms with Crippen LogP contribution in [0.2, 0.25) is 0 Å². The molecule has 0 radical (unpaired) electrons. The quantitative estimate of drug-likeness (QED) is 0.836. The Morgan fingerprint density at radius 2 is 1.41 bits per heavy atom. The highest BCUT2D eigenvalue weighted by atomic mass is 35.5. The van der Waals surface area contributed by atoms with Gasteiger partial charge in [-0.15, -0.1) is 12.4 Å². The van der Waals surface area contributed by atoms with Gasteiger partial charge >= 0.3 is 0 Å². The van der Waals surface area contributed by atoms with Crippen LogP contribution in [0.1, 0.15) is 38.5 Å². The summed E-state index contributed by atoms with van der Waals surface area (Å²) < 4.78 is 0. The van der Waals surface area contributed by atoms with Crippen molar-refractivity contribution in [2.24, 2.45) is 0 Å². The van der Waals surface area contributed by atoms with Gasteiger partial charge in [-0.05, 0) is 65.7 Å². The number of aliphatic hydroxyl groups is 1. The molecule has 2 aliphatic heterocycles. The van der Waals surface area contributed by atoms with Crippen molar-refractivity contribution in [2.45, 2.75) is 56.7 Å². The predicted octanol–water partition coefficient (Wildman–Crippen LogP) is 1.74. The van der Waals surface area contributed by atoms with Crippen LogP contribution >= 0.6 is 12.4 Å². The number of hydrogen-bond donors (Lipinski definition) is 1. The molecule has 0 aromatic heterocycles. The van der Waals surface area contributed by atoms with Crippen molar-refractivity contribution < 1.29 is 5.11 Å². The summed E-state index contributed by atoms with van der Waals surface area (Å²) in [4.78, 5) is 4.81. The van der Waals surface area contributed by atoms with Crippen LogP contribution in [0.3, 0.4) is 0 Å². The fourth-order valence-electron chi connectivity index (χ4n) is 3.28. The Kier molecular flexibility index (Phi) is 6.21. The molecule has 1 N–H and O–H groups in total. The number of rotatable bonds is 4. The second-order valence-electron chi connectivity index (χ2n) is 5.68. The highest BCUT2D eigenvalue weighted by molar-refractivity contribution is 5.85. The molecule has 17 heavy (non-hydrogen) atoms. The second-order valence-corrected chi connectivity index (χ2v) is 5.68. The van der Waals surface area contributed by atoms with Gasteiger partial charge in [-0.2, -0.15) is 0 Å². The first kappa shape index (κ1) is 15.2. The zero-order valence-corrected chi connectivity index (χ0v) is 12.0. The van der Waals surface area contributed by atoms with E-state index in [0.717, 1.165) is 12.8 Å². The minimum atomic E-state index is -0.101. The molecule has 0 aromatic rings. The Morgan fingerprint density at radius 3 is 1.71 bits per heavy atom. The van der Waals surface area contributed by atoms with E-state index in [1.54, 1.807) is 0 Å². The zero-order chi connectivity index (χ0) is 11.5. The molecule has 2 fully saturated rings. The van der Waals surface area contributed by atoms with Crippen molar-refractivity contribution in [1.29, 1.82) is 0 Å². The molecule has 0 bridgehead atoms. The van der Waals surface area contributed by atoms with Crippen molar-refractivity contribution in [3.63, 3.8) is 0 Å². The van der Waals surface area contributed by atoms with E-state index in [1.165, 1.54) is 38.8 Å². The summed E-state index contributed by atoms with van der Waals surface area (Å²) in [6, 6.07) is 1.25. The lowest BCUT2D eigenvalue weighted by molar-refractivity contribution is 0.0961. The highest BCUT2D eigenvalue weighted by Gasteiger charge is 2.27. The van der Waals surface area contributed by atoms with Crippen molar-refractivity contribution >= 4 is 12.4 Å². The maximum absolute atomic E-state index is 10.2. The van der Waals surface area contributed by atoms with E-state index >= 15 is 0 Å². The largest absolute Gasteiger partial charge is 0.393 e. The number of hydrogen-bond acceptors (Lipinski definition) is 3. The topological polar surface area (TPSA) is 26.7 Å². The molecule has 0 aliphatic carbocycles. The van der Waals surface area contributed by atoms with Crippen molar-refractivity contribution in [1.82, 2.24) is 9.80 Å². The van der Waals surface area contributed by atoms with Gasteiger partial charge in [0.1, 0.15) is 0 Å². The molecule has 2 aliphatic rings. The van der Waals surface area contributed by atoms with Crippen LogP contribution < -0.4 is 0 Å². The summed E-state index contributed by atoms with van der Waals surface area (Å²) >= 11 is 0. The summed E-state index contributed by atoms with van der Waals surface area (Å²) in [5, 5.41) is 10.2. The van der Waals surface area contributed by atoms with E-state index in [9.17, 15) is 5.11 Å². The Morgan fingerprint density at radius 1 is 1.00 bits per heavy atom. The Hall–Kier alpha value is 0.170. The van der Waals surface area contributed by atoms with Crippen molar-refractivity contribution in [3.05, 3.63) is 0 Å². The molecular formula is C13H27ClN2O. The molecule has 2 saturated heterocycles. The van der Waals surface area contributed by atoms with Crippen molar-refractivity contribution in [2.75, 3.05) is 27.2 Å². The third kappa shape index (κ3) is 4.09. The summed E-state index contributed by atoms with van der Waals surface area (Å²) in [7, 11) is 4.37. The predicted molar refractivity (Wildman–Crippen MR) is 73.8 cm³/mol. The molecule has 2 heterocycles. The first-order valence-electron chi connectivity index (χ1n) is 6.75. The molecule has 3 nitrogen and oxygen atoms in total. The van der Waals surface area contributed by atoms with Gasteiger partial charge in [0.05, 0.1) is 6.10 Å². The molecule has 0 spiro atoms. The van der Waals surface area contributed by atoms with Crippen LogP contribution in [0.25, 0.3) is 0 Å². The Balaban J connectivity index is 0.00000144. The van der Waals surface area contributed by atoms with Crippen molar-refractivity contribution in [3.8, 4) is 0 Å². The molecule has 2 rings (SSSR count). The number of halogens is 1. The lowest BCUT2D eigenvalue weighted by Crippen LogP contribution is -2.33. The van der Waals surface area contributed by atoms with Crippen LogP contribution in [0.4, 0.5) is 0 Å². The molecule has 102 valence electrons. The van der Waals surface area contributed by atoms with Gasteiger partial charge in [-0.3, -0.25) is 0 Å². The summed E-state index contributed by atoms with van der Waals surface area (Å²) in [6.07, 6.45) is 6.99. The maximum Gasteiger partial charge on any atom is 0.0570 e. The van der Waals surface area contributed by atoms with Crippen LogP contribution in [0, 0.1) is 0 Å². The zero-order valence-electron chi connectivity index (χ0n) is 11.1. The van der Waals surface area contributed by atoms with Gasteiger partial charge in [0.25, 0.3) is 0 Å². The average molecular weight is 263 g/mol. The monoisotopic (exact) mass is 262 g/mol. The van der Waals surface area contributed by atoms with E-state index in [1.807, 2.05) is 0 Å². The second kappa shape index (κ2) is 6.93. The van der Waals surface area contributed by atoms with E-state index in [0.29, 0.717) is 12.1 Å². The van der Waals surface area contributed by atoms with Gasteiger partial charge in [0.2, 0.25) is 0 Å². The van der Waals surface area contributed by atoms with E-state index in [-0.39, 0.29) is 18.5 Å². The summed E-state index contributed by atoms with van der Waals surface area (Å²) in [5.74, 6) is 0. The van der Waals surface area contributed by atoms with Crippen LogP contribution in [-0.2, 0) is 0 Å². The first-order chi connectivity index (χ1) is 7.66. The van der Waals surface area contributed by atoms with Gasteiger partial charge < -0.3 is 14.9 Å². The highest BCUT2D eigenvalue weighted by Crippen LogP contribution is 2.24. The summed E-state index contributed by atoms with van der Waals surface area (Å²) in [6.45, 7) is 2.42. The Labute approximate surface area is 112 Å². The third-order valence-electron chi connectivity index (χ3n) is 4.43. The lowest BCUT2D eigenvalue weighted by Gasteiger charge is -2.26. The number of likely N-dealkylation sites (tertiary alicyclic amines) is 2. The molecule has 3 atom stereocenters.